The van der Waals surface area contributed by atoms with Crippen molar-refractivity contribution in [1.82, 2.24) is 5.32 Å². The molecule has 2 heteroatoms. The molecule has 4 atom stereocenters. The van der Waals surface area contributed by atoms with Crippen molar-refractivity contribution in [3.63, 3.8) is 0 Å². The van der Waals surface area contributed by atoms with E-state index in [2.05, 4.69) is 46.9 Å². The maximum atomic E-state index is 6.66. The molecule has 1 saturated carbocycles. The zero-order valence-electron chi connectivity index (χ0n) is 14.7. The number of rotatable bonds is 8. The van der Waals surface area contributed by atoms with Gasteiger partial charge in [0.15, 0.2) is 0 Å². The maximum absolute atomic E-state index is 6.66. The van der Waals surface area contributed by atoms with Gasteiger partial charge in [0.25, 0.3) is 0 Å². The minimum absolute atomic E-state index is 0.00988. The number of ether oxygens (including phenoxy) is 1. The third-order valence-corrected chi connectivity index (χ3v) is 5.07. The molecule has 20 heavy (non-hydrogen) atoms. The SMILES string of the molecule is CCCNCC(C)(CC)OC1CC(C)CCC1C(C)C. The largest absolute Gasteiger partial charge is 0.370 e. The summed E-state index contributed by atoms with van der Waals surface area (Å²) in [7, 11) is 0. The highest BCUT2D eigenvalue weighted by atomic mass is 16.5. The fourth-order valence-electron chi connectivity index (χ4n) is 3.40. The molecule has 4 unspecified atom stereocenters. The summed E-state index contributed by atoms with van der Waals surface area (Å²) in [5.41, 5.74) is -0.00988. The highest BCUT2D eigenvalue weighted by molar-refractivity contribution is 4.86. The predicted octanol–water partition coefficient (Wildman–Crippen LogP) is 4.63. The van der Waals surface area contributed by atoms with Gasteiger partial charge < -0.3 is 10.1 Å². The molecule has 0 aromatic carbocycles. The molecule has 0 radical (unpaired) electrons. The van der Waals surface area contributed by atoms with Crippen LogP contribution in [-0.2, 0) is 4.74 Å². The summed E-state index contributed by atoms with van der Waals surface area (Å²) < 4.78 is 6.66. The lowest BCUT2D eigenvalue weighted by molar-refractivity contribution is -0.131. The number of nitrogens with one attached hydrogen (secondary N) is 1. The Balaban J connectivity index is 2.63. The van der Waals surface area contributed by atoms with Crippen LogP contribution in [0.25, 0.3) is 0 Å². The molecule has 0 aromatic heterocycles. The van der Waals surface area contributed by atoms with Crippen LogP contribution in [0.15, 0.2) is 0 Å². The molecule has 1 aliphatic carbocycles. The Morgan fingerprint density at radius 3 is 2.50 bits per heavy atom. The normalized spacial score (nSPS) is 30.4. The van der Waals surface area contributed by atoms with Crippen molar-refractivity contribution >= 4 is 0 Å². The maximum Gasteiger partial charge on any atom is 0.0779 e. The van der Waals surface area contributed by atoms with Crippen molar-refractivity contribution in [3.05, 3.63) is 0 Å². The third-order valence-electron chi connectivity index (χ3n) is 5.07. The summed E-state index contributed by atoms with van der Waals surface area (Å²) >= 11 is 0. The molecule has 1 N–H and O–H groups in total. The van der Waals surface area contributed by atoms with Gasteiger partial charge in [-0.2, -0.15) is 0 Å². The lowest BCUT2D eigenvalue weighted by Crippen LogP contribution is -2.46. The molecule has 0 bridgehead atoms. The Morgan fingerprint density at radius 1 is 1.25 bits per heavy atom. The average molecular weight is 284 g/mol. The highest BCUT2D eigenvalue weighted by Gasteiger charge is 2.36. The summed E-state index contributed by atoms with van der Waals surface area (Å²) in [6, 6.07) is 0. The molecule has 0 heterocycles. The van der Waals surface area contributed by atoms with Crippen LogP contribution in [0.2, 0.25) is 0 Å². The molecule has 0 aliphatic heterocycles. The summed E-state index contributed by atoms with van der Waals surface area (Å²) in [6.07, 6.45) is 6.68. The molecule has 1 aliphatic rings. The topological polar surface area (TPSA) is 21.3 Å². The predicted molar refractivity (Wildman–Crippen MR) is 88.1 cm³/mol. The van der Waals surface area contributed by atoms with Gasteiger partial charge in [0, 0.05) is 6.54 Å². The van der Waals surface area contributed by atoms with Gasteiger partial charge in [-0.15, -0.1) is 0 Å². The molecule has 0 amide bonds. The number of hydrogen-bond acceptors (Lipinski definition) is 2. The highest BCUT2D eigenvalue weighted by Crippen LogP contribution is 2.37. The molecule has 120 valence electrons. The van der Waals surface area contributed by atoms with Crippen molar-refractivity contribution < 1.29 is 4.74 Å². The van der Waals surface area contributed by atoms with Gasteiger partial charge in [-0.25, -0.2) is 0 Å². The van der Waals surface area contributed by atoms with Gasteiger partial charge in [-0.3, -0.25) is 0 Å². The second-order valence-electron chi connectivity index (χ2n) is 7.46. The van der Waals surface area contributed by atoms with Gasteiger partial charge in [0.05, 0.1) is 11.7 Å². The first-order chi connectivity index (χ1) is 9.41. The van der Waals surface area contributed by atoms with Crippen molar-refractivity contribution in [2.24, 2.45) is 17.8 Å². The van der Waals surface area contributed by atoms with E-state index in [1.165, 1.54) is 25.7 Å². The molecule has 1 rings (SSSR count). The molecule has 2 nitrogen and oxygen atoms in total. The zero-order chi connectivity index (χ0) is 15.2. The average Bonchev–Trinajstić information content (AvgIpc) is 2.38. The fourth-order valence-corrected chi connectivity index (χ4v) is 3.40. The molecular weight excluding hydrogens is 246 g/mol. The minimum atomic E-state index is -0.00988. The molecule has 0 spiro atoms. The van der Waals surface area contributed by atoms with E-state index in [1.54, 1.807) is 0 Å². The van der Waals surface area contributed by atoms with Gasteiger partial charge in [0.1, 0.15) is 0 Å². The monoisotopic (exact) mass is 283 g/mol. The van der Waals surface area contributed by atoms with Crippen LogP contribution in [0.4, 0.5) is 0 Å². The molecule has 0 saturated heterocycles. The van der Waals surface area contributed by atoms with Crippen LogP contribution in [-0.4, -0.2) is 24.8 Å². The van der Waals surface area contributed by atoms with Gasteiger partial charge in [0.2, 0.25) is 0 Å². The summed E-state index contributed by atoms with van der Waals surface area (Å²) in [6.45, 7) is 15.9. The van der Waals surface area contributed by atoms with Crippen LogP contribution in [0.5, 0.6) is 0 Å². The van der Waals surface area contributed by atoms with E-state index in [-0.39, 0.29) is 5.60 Å². The quantitative estimate of drug-likeness (QED) is 0.656. The lowest BCUT2D eigenvalue weighted by Gasteiger charge is -2.42. The molecule has 0 aromatic rings. The summed E-state index contributed by atoms with van der Waals surface area (Å²) in [4.78, 5) is 0. The van der Waals surface area contributed by atoms with E-state index in [0.29, 0.717) is 6.10 Å². The Morgan fingerprint density at radius 2 is 1.95 bits per heavy atom. The summed E-state index contributed by atoms with van der Waals surface area (Å²) in [5.74, 6) is 2.29. The Kier molecular flexibility index (Phi) is 7.53. The zero-order valence-corrected chi connectivity index (χ0v) is 14.7. The standard InChI is InChI=1S/C18H37NO/c1-7-11-19-13-18(6,8-2)20-17-12-15(5)9-10-16(17)14(3)4/h14-17,19H,7-13H2,1-6H3. The smallest absolute Gasteiger partial charge is 0.0779 e. The first-order valence-corrected chi connectivity index (χ1v) is 8.80. The van der Waals surface area contributed by atoms with Crippen molar-refractivity contribution in [2.45, 2.75) is 85.4 Å². The van der Waals surface area contributed by atoms with Crippen LogP contribution in [0.1, 0.15) is 73.6 Å². The van der Waals surface area contributed by atoms with Crippen molar-refractivity contribution in [2.75, 3.05) is 13.1 Å². The van der Waals surface area contributed by atoms with Gasteiger partial charge in [-0.1, -0.05) is 41.0 Å². The van der Waals surface area contributed by atoms with E-state index in [1.807, 2.05) is 0 Å². The summed E-state index contributed by atoms with van der Waals surface area (Å²) in [5, 5.41) is 3.55. The minimum Gasteiger partial charge on any atom is -0.370 e. The molecular formula is C18H37NO. The van der Waals surface area contributed by atoms with E-state index in [4.69, 9.17) is 4.74 Å². The Bertz CT molecular complexity index is 266. The Labute approximate surface area is 127 Å². The van der Waals surface area contributed by atoms with E-state index >= 15 is 0 Å². The third kappa shape index (κ3) is 5.37. The van der Waals surface area contributed by atoms with E-state index in [0.717, 1.165) is 37.3 Å². The first-order valence-electron chi connectivity index (χ1n) is 8.80. The lowest BCUT2D eigenvalue weighted by atomic mass is 9.75. The van der Waals surface area contributed by atoms with Crippen LogP contribution in [0, 0.1) is 17.8 Å². The number of hydrogen-bond donors (Lipinski definition) is 1. The van der Waals surface area contributed by atoms with Crippen LogP contribution >= 0.6 is 0 Å². The van der Waals surface area contributed by atoms with E-state index < -0.39 is 0 Å². The first kappa shape index (κ1) is 18.0. The Hall–Kier alpha value is -0.0800. The van der Waals surface area contributed by atoms with E-state index in [9.17, 15) is 0 Å². The fraction of sp³-hybridized carbons (Fsp3) is 1.00. The van der Waals surface area contributed by atoms with Crippen molar-refractivity contribution in [3.8, 4) is 0 Å². The van der Waals surface area contributed by atoms with Gasteiger partial charge in [-0.05, 0) is 56.9 Å². The second kappa shape index (κ2) is 8.38. The van der Waals surface area contributed by atoms with Gasteiger partial charge >= 0.3 is 0 Å². The van der Waals surface area contributed by atoms with Crippen LogP contribution < -0.4 is 5.32 Å². The van der Waals surface area contributed by atoms with Crippen LogP contribution in [0.3, 0.4) is 0 Å². The molecule has 1 fully saturated rings. The second-order valence-corrected chi connectivity index (χ2v) is 7.46. The van der Waals surface area contributed by atoms with Crippen molar-refractivity contribution in [1.29, 1.82) is 0 Å².